The molecular weight excluding hydrogens is 224 g/mol. The van der Waals surface area contributed by atoms with Crippen molar-refractivity contribution in [1.82, 2.24) is 0 Å². The maximum atomic E-state index is 5.99. The SMILES string of the molecule is CC(C)c1ccc(OC(C)(C)C)cc1OC1CC1. The van der Waals surface area contributed by atoms with Crippen molar-refractivity contribution in [3.8, 4) is 11.5 Å². The summed E-state index contributed by atoms with van der Waals surface area (Å²) >= 11 is 0. The van der Waals surface area contributed by atoms with Crippen LogP contribution >= 0.6 is 0 Å². The molecule has 0 radical (unpaired) electrons. The minimum Gasteiger partial charge on any atom is -0.490 e. The standard InChI is InChI=1S/C16H24O2/c1-11(2)14-9-8-13(18-16(3,4)5)10-15(14)17-12-6-7-12/h8-12H,6-7H2,1-5H3. The van der Waals surface area contributed by atoms with E-state index in [-0.39, 0.29) is 5.60 Å². The van der Waals surface area contributed by atoms with E-state index in [4.69, 9.17) is 9.47 Å². The van der Waals surface area contributed by atoms with E-state index in [9.17, 15) is 0 Å². The molecule has 0 N–H and O–H groups in total. The number of hydrogen-bond donors (Lipinski definition) is 0. The van der Waals surface area contributed by atoms with E-state index < -0.39 is 0 Å². The Morgan fingerprint density at radius 1 is 1.17 bits per heavy atom. The van der Waals surface area contributed by atoms with Crippen LogP contribution in [0.1, 0.15) is 58.9 Å². The lowest BCUT2D eigenvalue weighted by molar-refractivity contribution is 0.130. The highest BCUT2D eigenvalue weighted by Crippen LogP contribution is 2.35. The molecule has 0 aliphatic heterocycles. The van der Waals surface area contributed by atoms with Gasteiger partial charge in [-0.15, -0.1) is 0 Å². The van der Waals surface area contributed by atoms with Gasteiger partial charge in [0.15, 0.2) is 0 Å². The number of hydrogen-bond acceptors (Lipinski definition) is 2. The Morgan fingerprint density at radius 2 is 1.83 bits per heavy atom. The van der Waals surface area contributed by atoms with E-state index in [1.165, 1.54) is 18.4 Å². The lowest BCUT2D eigenvalue weighted by atomic mass is 10.0. The summed E-state index contributed by atoms with van der Waals surface area (Å²) in [6.07, 6.45) is 2.79. The molecule has 0 atom stereocenters. The van der Waals surface area contributed by atoms with Crippen LogP contribution in [0.15, 0.2) is 18.2 Å². The second-order valence-electron chi connectivity index (χ2n) is 6.39. The molecule has 1 fully saturated rings. The molecule has 1 saturated carbocycles. The first-order chi connectivity index (χ1) is 8.35. The molecule has 0 amide bonds. The molecule has 0 saturated heterocycles. The van der Waals surface area contributed by atoms with Crippen molar-refractivity contribution >= 4 is 0 Å². The largest absolute Gasteiger partial charge is 0.490 e. The fourth-order valence-electron chi connectivity index (χ4n) is 1.88. The van der Waals surface area contributed by atoms with Gasteiger partial charge in [0.05, 0.1) is 6.10 Å². The van der Waals surface area contributed by atoms with Crippen molar-refractivity contribution in [2.75, 3.05) is 0 Å². The molecule has 0 heterocycles. The third-order valence-corrected chi connectivity index (χ3v) is 2.85. The van der Waals surface area contributed by atoms with Gasteiger partial charge in [0, 0.05) is 6.07 Å². The van der Waals surface area contributed by atoms with Gasteiger partial charge in [0.1, 0.15) is 17.1 Å². The Morgan fingerprint density at radius 3 is 2.33 bits per heavy atom. The van der Waals surface area contributed by atoms with Crippen LogP contribution < -0.4 is 9.47 Å². The first-order valence-corrected chi connectivity index (χ1v) is 6.85. The second kappa shape index (κ2) is 4.83. The summed E-state index contributed by atoms with van der Waals surface area (Å²) in [7, 11) is 0. The van der Waals surface area contributed by atoms with Gasteiger partial charge in [0.2, 0.25) is 0 Å². The molecule has 1 aliphatic carbocycles. The highest BCUT2D eigenvalue weighted by molar-refractivity contribution is 5.43. The Hall–Kier alpha value is -1.18. The van der Waals surface area contributed by atoms with E-state index in [1.807, 2.05) is 12.1 Å². The van der Waals surface area contributed by atoms with Gasteiger partial charge >= 0.3 is 0 Å². The van der Waals surface area contributed by atoms with Crippen molar-refractivity contribution in [3.63, 3.8) is 0 Å². The van der Waals surface area contributed by atoms with Crippen molar-refractivity contribution in [3.05, 3.63) is 23.8 Å². The Balaban J connectivity index is 2.23. The Kier molecular flexibility index (Phi) is 3.56. The summed E-state index contributed by atoms with van der Waals surface area (Å²) in [4.78, 5) is 0. The highest BCUT2D eigenvalue weighted by Gasteiger charge is 2.25. The summed E-state index contributed by atoms with van der Waals surface area (Å²) in [6, 6.07) is 6.21. The van der Waals surface area contributed by atoms with E-state index >= 15 is 0 Å². The molecule has 2 nitrogen and oxygen atoms in total. The third-order valence-electron chi connectivity index (χ3n) is 2.85. The van der Waals surface area contributed by atoms with Crippen molar-refractivity contribution in [1.29, 1.82) is 0 Å². The van der Waals surface area contributed by atoms with Gasteiger partial charge < -0.3 is 9.47 Å². The predicted octanol–water partition coefficient (Wildman–Crippen LogP) is 4.53. The molecule has 0 spiro atoms. The predicted molar refractivity (Wildman–Crippen MR) is 74.6 cm³/mol. The van der Waals surface area contributed by atoms with E-state index in [1.54, 1.807) is 0 Å². The van der Waals surface area contributed by atoms with Gasteiger partial charge in [-0.1, -0.05) is 19.9 Å². The molecule has 0 unspecified atom stereocenters. The molecular formula is C16H24O2. The van der Waals surface area contributed by atoms with Crippen LogP contribution in [0.4, 0.5) is 0 Å². The smallest absolute Gasteiger partial charge is 0.126 e. The number of rotatable bonds is 4. The van der Waals surface area contributed by atoms with Crippen LogP contribution in [0.2, 0.25) is 0 Å². The second-order valence-corrected chi connectivity index (χ2v) is 6.39. The lowest BCUT2D eigenvalue weighted by Gasteiger charge is -2.23. The van der Waals surface area contributed by atoms with E-state index in [2.05, 4.69) is 40.7 Å². The fourth-order valence-corrected chi connectivity index (χ4v) is 1.88. The average molecular weight is 248 g/mol. The van der Waals surface area contributed by atoms with Crippen LogP contribution in [-0.2, 0) is 0 Å². The van der Waals surface area contributed by atoms with Crippen LogP contribution in [0.25, 0.3) is 0 Å². The molecule has 0 aromatic heterocycles. The molecule has 0 bridgehead atoms. The topological polar surface area (TPSA) is 18.5 Å². The lowest BCUT2D eigenvalue weighted by Crippen LogP contribution is -2.23. The first kappa shape index (κ1) is 13.3. The minimum atomic E-state index is -0.170. The minimum absolute atomic E-state index is 0.170. The van der Waals surface area contributed by atoms with Gasteiger partial charge in [-0.25, -0.2) is 0 Å². The average Bonchev–Trinajstić information content (AvgIpc) is 2.98. The highest BCUT2D eigenvalue weighted by atomic mass is 16.5. The van der Waals surface area contributed by atoms with Gasteiger partial charge in [-0.05, 0) is 51.2 Å². The summed E-state index contributed by atoms with van der Waals surface area (Å²) in [5.41, 5.74) is 1.10. The zero-order valence-electron chi connectivity index (χ0n) is 12.1. The monoisotopic (exact) mass is 248 g/mol. The van der Waals surface area contributed by atoms with Crippen LogP contribution in [0.3, 0.4) is 0 Å². The van der Waals surface area contributed by atoms with Crippen LogP contribution in [0, 0.1) is 0 Å². The van der Waals surface area contributed by atoms with Crippen molar-refractivity contribution in [2.45, 2.75) is 65.1 Å². The number of ether oxygens (including phenoxy) is 2. The Labute approximate surface area is 110 Å². The quantitative estimate of drug-likeness (QED) is 0.779. The van der Waals surface area contributed by atoms with Crippen LogP contribution in [-0.4, -0.2) is 11.7 Å². The summed E-state index contributed by atoms with van der Waals surface area (Å²) < 4.78 is 11.9. The third kappa shape index (κ3) is 3.66. The van der Waals surface area contributed by atoms with Gasteiger partial charge in [-0.3, -0.25) is 0 Å². The molecule has 2 heteroatoms. The molecule has 100 valence electrons. The summed E-state index contributed by atoms with van der Waals surface area (Å²) in [5.74, 6) is 2.36. The van der Waals surface area contributed by atoms with Gasteiger partial charge in [0.25, 0.3) is 0 Å². The molecule has 1 aliphatic rings. The van der Waals surface area contributed by atoms with Crippen molar-refractivity contribution in [2.24, 2.45) is 0 Å². The van der Waals surface area contributed by atoms with Crippen LogP contribution in [0.5, 0.6) is 11.5 Å². The zero-order valence-corrected chi connectivity index (χ0v) is 12.1. The molecule has 1 aromatic carbocycles. The summed E-state index contributed by atoms with van der Waals surface area (Å²) in [6.45, 7) is 10.6. The maximum Gasteiger partial charge on any atom is 0.126 e. The zero-order chi connectivity index (χ0) is 13.3. The maximum absolute atomic E-state index is 5.99. The molecule has 1 aromatic rings. The van der Waals surface area contributed by atoms with E-state index in [0.717, 1.165) is 11.5 Å². The van der Waals surface area contributed by atoms with Gasteiger partial charge in [-0.2, -0.15) is 0 Å². The molecule has 2 rings (SSSR count). The summed E-state index contributed by atoms with van der Waals surface area (Å²) in [5, 5.41) is 0. The van der Waals surface area contributed by atoms with Crippen molar-refractivity contribution < 1.29 is 9.47 Å². The fraction of sp³-hybridized carbons (Fsp3) is 0.625. The molecule has 18 heavy (non-hydrogen) atoms. The first-order valence-electron chi connectivity index (χ1n) is 6.85. The Bertz CT molecular complexity index is 412. The van der Waals surface area contributed by atoms with E-state index in [0.29, 0.717) is 12.0 Å². The number of benzene rings is 1. The normalized spacial score (nSPS) is 15.9.